The highest BCUT2D eigenvalue weighted by Crippen LogP contribution is 2.20. The average Bonchev–Trinajstić information content (AvgIpc) is 2.91. The molecule has 5 heteroatoms. The van der Waals surface area contributed by atoms with Gasteiger partial charge in [-0.15, -0.1) is 11.3 Å². The lowest BCUT2D eigenvalue weighted by Gasteiger charge is -2.08. The van der Waals surface area contributed by atoms with Gasteiger partial charge in [-0.3, -0.25) is 0 Å². The molecule has 1 aromatic heterocycles. The monoisotopic (exact) mass is 325 g/mol. The molecular weight excluding hydrogens is 306 g/mol. The van der Waals surface area contributed by atoms with Crippen molar-refractivity contribution < 1.29 is 9.47 Å². The quantitative estimate of drug-likeness (QED) is 0.712. The summed E-state index contributed by atoms with van der Waals surface area (Å²) in [6, 6.07) is 12.1. The summed E-state index contributed by atoms with van der Waals surface area (Å²) in [5, 5.41) is 3.33. The van der Waals surface area contributed by atoms with Gasteiger partial charge in [-0.1, -0.05) is 23.7 Å². The summed E-state index contributed by atoms with van der Waals surface area (Å²) in [6.45, 7) is 3.03. The largest absolute Gasteiger partial charge is 0.492 e. The molecule has 0 amide bonds. The van der Waals surface area contributed by atoms with Crippen molar-refractivity contribution in [2.45, 2.75) is 13.0 Å². The molecule has 1 N–H and O–H groups in total. The zero-order valence-corrected chi connectivity index (χ0v) is 13.7. The Kier molecular flexibility index (Phi) is 7.03. The standard InChI is InChI=1S/C16H20ClNO2S/c1-19-10-8-13-2-4-14(5-3-13)20-11-9-18-12-15-6-7-16(17)21-15/h2-7,18H,8-12H2,1H3. The van der Waals surface area contributed by atoms with Crippen LogP contribution in [-0.2, 0) is 17.7 Å². The molecule has 0 aliphatic rings. The number of halogens is 1. The Bertz CT molecular complexity index is 527. The van der Waals surface area contributed by atoms with Gasteiger partial charge in [0.05, 0.1) is 10.9 Å². The van der Waals surface area contributed by atoms with E-state index in [0.717, 1.165) is 36.2 Å². The molecule has 0 bridgehead atoms. The SMILES string of the molecule is COCCc1ccc(OCCNCc2ccc(Cl)s2)cc1. The second-order valence-electron chi connectivity index (χ2n) is 4.62. The minimum atomic E-state index is 0.649. The molecule has 2 rings (SSSR count). The summed E-state index contributed by atoms with van der Waals surface area (Å²) in [4.78, 5) is 1.24. The van der Waals surface area contributed by atoms with Crippen LogP contribution < -0.4 is 10.1 Å². The van der Waals surface area contributed by atoms with Crippen molar-refractivity contribution in [3.63, 3.8) is 0 Å². The van der Waals surface area contributed by atoms with E-state index >= 15 is 0 Å². The highest BCUT2D eigenvalue weighted by Gasteiger charge is 1.98. The Hall–Kier alpha value is -1.07. The summed E-state index contributed by atoms with van der Waals surface area (Å²) in [5.74, 6) is 0.900. The zero-order valence-electron chi connectivity index (χ0n) is 12.1. The van der Waals surface area contributed by atoms with Crippen LogP contribution in [0.5, 0.6) is 5.75 Å². The predicted molar refractivity (Wildman–Crippen MR) is 88.6 cm³/mol. The van der Waals surface area contributed by atoms with Crippen molar-refractivity contribution in [1.82, 2.24) is 5.32 Å². The van der Waals surface area contributed by atoms with Crippen LogP contribution in [0.3, 0.4) is 0 Å². The second-order valence-corrected chi connectivity index (χ2v) is 6.42. The van der Waals surface area contributed by atoms with Crippen LogP contribution in [0, 0.1) is 0 Å². The maximum atomic E-state index is 5.88. The Balaban J connectivity index is 1.62. The van der Waals surface area contributed by atoms with Gasteiger partial charge in [-0.05, 0) is 36.2 Å². The van der Waals surface area contributed by atoms with Gasteiger partial charge < -0.3 is 14.8 Å². The smallest absolute Gasteiger partial charge is 0.119 e. The van der Waals surface area contributed by atoms with Crippen LogP contribution >= 0.6 is 22.9 Å². The molecule has 1 heterocycles. The fourth-order valence-electron chi connectivity index (χ4n) is 1.87. The molecule has 114 valence electrons. The van der Waals surface area contributed by atoms with Gasteiger partial charge in [0.2, 0.25) is 0 Å². The lowest BCUT2D eigenvalue weighted by molar-refractivity contribution is 0.202. The summed E-state index contributed by atoms with van der Waals surface area (Å²) in [6.07, 6.45) is 0.932. The van der Waals surface area contributed by atoms with Crippen molar-refractivity contribution in [3.8, 4) is 5.75 Å². The molecule has 0 unspecified atom stereocenters. The fourth-order valence-corrected chi connectivity index (χ4v) is 2.93. The number of nitrogens with one attached hydrogen (secondary N) is 1. The lowest BCUT2D eigenvalue weighted by Crippen LogP contribution is -2.20. The van der Waals surface area contributed by atoms with Crippen LogP contribution in [0.4, 0.5) is 0 Å². The van der Waals surface area contributed by atoms with E-state index < -0.39 is 0 Å². The van der Waals surface area contributed by atoms with Gasteiger partial charge >= 0.3 is 0 Å². The molecule has 0 fully saturated rings. The van der Waals surface area contributed by atoms with Crippen molar-refractivity contribution >= 4 is 22.9 Å². The zero-order chi connectivity index (χ0) is 14.9. The van der Waals surface area contributed by atoms with Gasteiger partial charge in [0.15, 0.2) is 0 Å². The van der Waals surface area contributed by atoms with E-state index in [1.165, 1.54) is 10.4 Å². The Morgan fingerprint density at radius 2 is 1.90 bits per heavy atom. The first-order valence-corrected chi connectivity index (χ1v) is 8.13. The Morgan fingerprint density at radius 1 is 1.10 bits per heavy atom. The Labute approximate surface area is 134 Å². The molecule has 0 aliphatic heterocycles. The van der Waals surface area contributed by atoms with Crippen molar-refractivity contribution in [2.75, 3.05) is 26.9 Å². The second kappa shape index (κ2) is 9.05. The van der Waals surface area contributed by atoms with Crippen LogP contribution in [0.2, 0.25) is 4.34 Å². The molecule has 3 nitrogen and oxygen atoms in total. The first-order chi connectivity index (χ1) is 10.3. The summed E-state index contributed by atoms with van der Waals surface area (Å²) >= 11 is 7.49. The van der Waals surface area contributed by atoms with Crippen LogP contribution in [0.1, 0.15) is 10.4 Å². The molecule has 0 saturated carbocycles. The molecule has 0 spiro atoms. The molecule has 0 saturated heterocycles. The van der Waals surface area contributed by atoms with Gasteiger partial charge in [-0.2, -0.15) is 0 Å². The summed E-state index contributed by atoms with van der Waals surface area (Å²) in [7, 11) is 1.72. The fraction of sp³-hybridized carbons (Fsp3) is 0.375. The van der Waals surface area contributed by atoms with E-state index in [1.807, 2.05) is 24.3 Å². The van der Waals surface area contributed by atoms with Gasteiger partial charge in [0, 0.05) is 25.1 Å². The molecule has 21 heavy (non-hydrogen) atoms. The van der Waals surface area contributed by atoms with Crippen LogP contribution in [-0.4, -0.2) is 26.9 Å². The molecule has 0 radical (unpaired) electrons. The number of hydrogen-bond donors (Lipinski definition) is 1. The van der Waals surface area contributed by atoms with E-state index in [-0.39, 0.29) is 0 Å². The number of benzene rings is 1. The third-order valence-electron chi connectivity index (χ3n) is 2.99. The van der Waals surface area contributed by atoms with E-state index in [0.29, 0.717) is 6.61 Å². The molecule has 2 aromatic rings. The number of methoxy groups -OCH3 is 1. The first kappa shape index (κ1) is 16.3. The highest BCUT2D eigenvalue weighted by atomic mass is 35.5. The maximum absolute atomic E-state index is 5.88. The molecular formula is C16H20ClNO2S. The minimum Gasteiger partial charge on any atom is -0.492 e. The molecule has 0 aliphatic carbocycles. The maximum Gasteiger partial charge on any atom is 0.119 e. The van der Waals surface area contributed by atoms with E-state index in [2.05, 4.69) is 17.4 Å². The topological polar surface area (TPSA) is 30.5 Å². The molecule has 1 aromatic carbocycles. The third kappa shape index (κ3) is 6.06. The van der Waals surface area contributed by atoms with Crippen molar-refractivity contribution in [2.24, 2.45) is 0 Å². The average molecular weight is 326 g/mol. The van der Waals surface area contributed by atoms with Crippen LogP contribution in [0.25, 0.3) is 0 Å². The number of rotatable bonds is 9. The highest BCUT2D eigenvalue weighted by molar-refractivity contribution is 7.16. The lowest BCUT2D eigenvalue weighted by atomic mass is 10.1. The summed E-state index contributed by atoms with van der Waals surface area (Å²) < 4.78 is 11.6. The van der Waals surface area contributed by atoms with E-state index in [1.54, 1.807) is 18.4 Å². The third-order valence-corrected chi connectivity index (χ3v) is 4.23. The van der Waals surface area contributed by atoms with Gasteiger partial charge in [-0.25, -0.2) is 0 Å². The number of ether oxygens (including phenoxy) is 2. The normalized spacial score (nSPS) is 10.8. The van der Waals surface area contributed by atoms with Crippen molar-refractivity contribution in [3.05, 3.63) is 51.2 Å². The summed E-state index contributed by atoms with van der Waals surface area (Å²) in [5.41, 5.74) is 1.26. The van der Waals surface area contributed by atoms with E-state index in [4.69, 9.17) is 21.1 Å². The molecule has 0 atom stereocenters. The minimum absolute atomic E-state index is 0.649. The van der Waals surface area contributed by atoms with E-state index in [9.17, 15) is 0 Å². The first-order valence-electron chi connectivity index (χ1n) is 6.93. The Morgan fingerprint density at radius 3 is 2.57 bits per heavy atom. The van der Waals surface area contributed by atoms with Crippen molar-refractivity contribution in [1.29, 1.82) is 0 Å². The number of hydrogen-bond acceptors (Lipinski definition) is 4. The van der Waals surface area contributed by atoms with Gasteiger partial charge in [0.1, 0.15) is 12.4 Å². The van der Waals surface area contributed by atoms with Crippen LogP contribution in [0.15, 0.2) is 36.4 Å². The van der Waals surface area contributed by atoms with Gasteiger partial charge in [0.25, 0.3) is 0 Å². The number of thiophene rings is 1. The predicted octanol–water partition coefficient (Wildman–Crippen LogP) is 3.76.